The maximum Gasteiger partial charge on any atom is 0.218 e. The Morgan fingerprint density at radius 1 is 1.04 bits per heavy atom. The zero-order chi connectivity index (χ0) is 15.8. The number of aromatic hydroxyl groups is 1. The molecule has 0 spiro atoms. The molecule has 6 nitrogen and oxygen atoms in total. The van der Waals surface area contributed by atoms with Gasteiger partial charge in [0.1, 0.15) is 18.9 Å². The van der Waals surface area contributed by atoms with Crippen LogP contribution in [-0.4, -0.2) is 23.3 Å². The fraction of sp³-hybridized carbons (Fsp3) is 0.125. The molecule has 0 unspecified atom stereocenters. The van der Waals surface area contributed by atoms with Crippen molar-refractivity contribution in [2.45, 2.75) is 0 Å². The Kier molecular flexibility index (Phi) is 3.31. The summed E-state index contributed by atoms with van der Waals surface area (Å²) in [6.07, 6.45) is 0. The first kappa shape index (κ1) is 13.9. The fourth-order valence-corrected chi connectivity index (χ4v) is 2.61. The van der Waals surface area contributed by atoms with E-state index in [4.69, 9.17) is 21.1 Å². The summed E-state index contributed by atoms with van der Waals surface area (Å²) in [6, 6.07) is 10.7. The van der Waals surface area contributed by atoms with Gasteiger partial charge in [-0.3, -0.25) is 0 Å². The molecule has 2 aromatic carbocycles. The van der Waals surface area contributed by atoms with Gasteiger partial charge in [0.15, 0.2) is 17.2 Å². The Balaban J connectivity index is 1.80. The van der Waals surface area contributed by atoms with Crippen molar-refractivity contribution in [3.05, 3.63) is 41.4 Å². The Hall–Kier alpha value is -2.73. The number of fused-ring (bicyclic) bond motifs is 2. The second-order valence-corrected chi connectivity index (χ2v) is 5.42. The Morgan fingerprint density at radius 3 is 2.57 bits per heavy atom. The summed E-state index contributed by atoms with van der Waals surface area (Å²) >= 11 is 6.06. The van der Waals surface area contributed by atoms with E-state index in [0.29, 0.717) is 52.0 Å². The highest BCUT2D eigenvalue weighted by Gasteiger charge is 2.18. The molecule has 0 aliphatic carbocycles. The van der Waals surface area contributed by atoms with Crippen LogP contribution in [0.15, 0.2) is 46.6 Å². The molecular weight excluding hydrogens is 318 g/mol. The van der Waals surface area contributed by atoms with Gasteiger partial charge in [0.05, 0.1) is 10.5 Å². The first-order valence-electron chi connectivity index (χ1n) is 7.03. The molecule has 3 aromatic rings. The molecule has 0 saturated heterocycles. The third-order valence-electron chi connectivity index (χ3n) is 3.53. The van der Waals surface area contributed by atoms with Gasteiger partial charge >= 0.3 is 0 Å². The average Bonchev–Trinajstić information content (AvgIpc) is 2.86. The molecule has 0 amide bonds. The van der Waals surface area contributed by atoms with Gasteiger partial charge in [-0.05, 0) is 18.2 Å². The largest absolute Gasteiger partial charge is 0.493 e. The van der Waals surface area contributed by atoms with Gasteiger partial charge in [-0.1, -0.05) is 23.7 Å². The summed E-state index contributed by atoms with van der Waals surface area (Å²) in [7, 11) is 0. The van der Waals surface area contributed by atoms with Crippen molar-refractivity contribution in [3.63, 3.8) is 0 Å². The number of rotatable bonds is 2. The zero-order valence-electron chi connectivity index (χ0n) is 11.9. The lowest BCUT2D eigenvalue weighted by Gasteiger charge is -2.18. The van der Waals surface area contributed by atoms with E-state index in [1.807, 2.05) is 12.1 Å². The topological polar surface area (TPSA) is 79.2 Å². The molecule has 1 aliphatic heterocycles. The maximum absolute atomic E-state index is 10.1. The lowest BCUT2D eigenvalue weighted by molar-refractivity contribution is 0.172. The minimum Gasteiger partial charge on any atom is -0.493 e. The van der Waals surface area contributed by atoms with Gasteiger partial charge in [0.25, 0.3) is 0 Å². The smallest absolute Gasteiger partial charge is 0.218 e. The van der Waals surface area contributed by atoms with Gasteiger partial charge in [-0.2, -0.15) is 0 Å². The minimum absolute atomic E-state index is 0.0712. The number of H-pyrrole nitrogens is 1. The number of hydrogen-bond donors (Lipinski definition) is 2. The number of azo groups is 1. The van der Waals surface area contributed by atoms with Crippen molar-refractivity contribution in [3.8, 4) is 17.4 Å². The van der Waals surface area contributed by atoms with E-state index in [9.17, 15) is 5.11 Å². The van der Waals surface area contributed by atoms with Crippen molar-refractivity contribution in [2.24, 2.45) is 10.2 Å². The molecule has 0 bridgehead atoms. The highest BCUT2D eigenvalue weighted by atomic mass is 35.5. The molecule has 23 heavy (non-hydrogen) atoms. The number of aromatic amines is 1. The van der Waals surface area contributed by atoms with Gasteiger partial charge in [-0.15, -0.1) is 10.2 Å². The number of benzene rings is 2. The number of halogens is 1. The van der Waals surface area contributed by atoms with Crippen LogP contribution in [0.5, 0.6) is 17.4 Å². The highest BCUT2D eigenvalue weighted by Crippen LogP contribution is 2.42. The predicted molar refractivity (Wildman–Crippen MR) is 86.6 cm³/mol. The minimum atomic E-state index is -0.0712. The summed E-state index contributed by atoms with van der Waals surface area (Å²) in [5.74, 6) is 1.19. The van der Waals surface area contributed by atoms with Crippen LogP contribution < -0.4 is 9.47 Å². The summed E-state index contributed by atoms with van der Waals surface area (Å²) in [4.78, 5) is 2.86. The SMILES string of the molecule is Oc1[nH]c2cc3c(cc2c1N=Nc1ccccc1Cl)OCCO3. The first-order valence-corrected chi connectivity index (χ1v) is 7.41. The number of nitrogens with zero attached hydrogens (tertiary/aromatic N) is 2. The van der Waals surface area contributed by atoms with Crippen molar-refractivity contribution in [1.82, 2.24) is 4.98 Å². The van der Waals surface area contributed by atoms with E-state index < -0.39 is 0 Å². The van der Waals surface area contributed by atoms with Crippen molar-refractivity contribution in [1.29, 1.82) is 0 Å². The maximum atomic E-state index is 10.1. The lowest BCUT2D eigenvalue weighted by Crippen LogP contribution is -2.15. The third kappa shape index (κ3) is 2.47. The van der Waals surface area contributed by atoms with Crippen LogP contribution in [0.4, 0.5) is 11.4 Å². The number of aromatic nitrogens is 1. The Bertz CT molecular complexity index is 920. The van der Waals surface area contributed by atoms with Crippen molar-refractivity contribution < 1.29 is 14.6 Å². The van der Waals surface area contributed by atoms with Crippen molar-refractivity contribution >= 4 is 33.9 Å². The molecule has 0 atom stereocenters. The normalized spacial score (nSPS) is 13.8. The highest BCUT2D eigenvalue weighted by molar-refractivity contribution is 6.32. The molecule has 2 heterocycles. The summed E-state index contributed by atoms with van der Waals surface area (Å²) in [5, 5.41) is 19.5. The van der Waals surface area contributed by atoms with Crippen LogP contribution in [0.1, 0.15) is 0 Å². The Morgan fingerprint density at radius 2 is 1.78 bits per heavy atom. The molecule has 0 saturated carbocycles. The molecule has 1 aliphatic rings. The molecule has 7 heteroatoms. The summed E-state index contributed by atoms with van der Waals surface area (Å²) in [6.45, 7) is 0.996. The summed E-state index contributed by atoms with van der Waals surface area (Å²) in [5.41, 5.74) is 1.55. The second kappa shape index (κ2) is 5.48. The number of hydrogen-bond acceptors (Lipinski definition) is 5. The Labute approximate surface area is 136 Å². The fourth-order valence-electron chi connectivity index (χ4n) is 2.44. The molecule has 2 N–H and O–H groups in total. The second-order valence-electron chi connectivity index (χ2n) is 5.02. The predicted octanol–water partition coefficient (Wildman–Crippen LogP) is 4.71. The molecule has 0 fully saturated rings. The lowest BCUT2D eigenvalue weighted by atomic mass is 10.2. The first-order chi connectivity index (χ1) is 11.2. The monoisotopic (exact) mass is 329 g/mol. The van der Waals surface area contributed by atoms with E-state index in [0.717, 1.165) is 0 Å². The van der Waals surface area contributed by atoms with E-state index in [1.165, 1.54) is 0 Å². The van der Waals surface area contributed by atoms with Crippen molar-refractivity contribution in [2.75, 3.05) is 13.2 Å². The van der Waals surface area contributed by atoms with Gasteiger partial charge in [0, 0.05) is 11.5 Å². The van der Waals surface area contributed by atoms with Crippen LogP contribution in [0, 0.1) is 0 Å². The summed E-state index contributed by atoms with van der Waals surface area (Å²) < 4.78 is 11.1. The van der Waals surface area contributed by atoms with Crippen LogP contribution in [0.25, 0.3) is 10.9 Å². The van der Waals surface area contributed by atoms with Gasteiger partial charge in [0.2, 0.25) is 5.88 Å². The molecule has 0 radical (unpaired) electrons. The molecule has 1 aromatic heterocycles. The van der Waals surface area contributed by atoms with Gasteiger partial charge in [-0.25, -0.2) is 0 Å². The quantitative estimate of drug-likeness (QED) is 0.668. The zero-order valence-corrected chi connectivity index (χ0v) is 12.7. The number of nitrogens with one attached hydrogen (secondary N) is 1. The molecular formula is C16H12ClN3O3. The van der Waals surface area contributed by atoms with E-state index in [1.54, 1.807) is 24.3 Å². The molecule has 4 rings (SSSR count). The van der Waals surface area contributed by atoms with Crippen LogP contribution in [0.2, 0.25) is 5.02 Å². The van der Waals surface area contributed by atoms with Gasteiger partial charge < -0.3 is 19.6 Å². The van der Waals surface area contributed by atoms with Crippen LogP contribution in [0.3, 0.4) is 0 Å². The van der Waals surface area contributed by atoms with E-state index in [-0.39, 0.29) is 5.88 Å². The standard InChI is InChI=1S/C16H12ClN3O3/c17-10-3-1-2-4-11(10)19-20-15-9-7-13-14(23-6-5-22-13)8-12(9)18-16(15)21/h1-4,7-8,18,21H,5-6H2. The number of ether oxygens (including phenoxy) is 2. The average molecular weight is 330 g/mol. The van der Waals surface area contributed by atoms with E-state index >= 15 is 0 Å². The van der Waals surface area contributed by atoms with E-state index in [2.05, 4.69) is 15.2 Å². The third-order valence-corrected chi connectivity index (χ3v) is 3.84. The molecule has 116 valence electrons. The van der Waals surface area contributed by atoms with Crippen LogP contribution >= 0.6 is 11.6 Å². The van der Waals surface area contributed by atoms with Crippen LogP contribution in [-0.2, 0) is 0 Å².